The molecule has 1 aliphatic heterocycles. The average Bonchev–Trinajstić information content (AvgIpc) is 3.09. The van der Waals surface area contributed by atoms with Crippen molar-refractivity contribution in [1.29, 1.82) is 0 Å². The lowest BCUT2D eigenvalue weighted by Crippen LogP contribution is -2.37. The molecule has 1 aliphatic rings. The van der Waals surface area contributed by atoms with Crippen LogP contribution in [0.15, 0.2) is 53.3 Å². The number of likely N-dealkylation sites (tertiary alicyclic amines) is 1. The van der Waals surface area contributed by atoms with Crippen molar-refractivity contribution in [2.45, 2.75) is 25.7 Å². The van der Waals surface area contributed by atoms with Gasteiger partial charge in [-0.2, -0.15) is 9.61 Å². The molecule has 1 unspecified atom stereocenters. The molecule has 3 rings (SSSR count). The van der Waals surface area contributed by atoms with E-state index in [-0.39, 0.29) is 11.8 Å². The molecule has 0 aromatic carbocycles. The summed E-state index contributed by atoms with van der Waals surface area (Å²) in [6.07, 6.45) is 10.7. The van der Waals surface area contributed by atoms with Crippen molar-refractivity contribution in [3.63, 3.8) is 0 Å². The first kappa shape index (κ1) is 20.1. The minimum atomic E-state index is 0.114. The van der Waals surface area contributed by atoms with E-state index < -0.39 is 0 Å². The van der Waals surface area contributed by atoms with Gasteiger partial charge in [-0.25, -0.2) is 4.98 Å². The van der Waals surface area contributed by atoms with Crippen molar-refractivity contribution in [2.75, 3.05) is 25.0 Å². The fourth-order valence-corrected chi connectivity index (χ4v) is 3.71. The van der Waals surface area contributed by atoms with Crippen LogP contribution in [0.4, 0.5) is 5.82 Å². The monoisotopic (exact) mass is 444 g/mol. The normalized spacial score (nSPS) is 18.0. The number of carbonyl (C=O) groups is 1. The summed E-state index contributed by atoms with van der Waals surface area (Å²) in [6, 6.07) is 2.03. The molecule has 3 N–H and O–H groups in total. The van der Waals surface area contributed by atoms with Crippen LogP contribution in [0.25, 0.3) is 5.65 Å². The summed E-state index contributed by atoms with van der Waals surface area (Å²) >= 11 is 3.53. The second-order valence-electron chi connectivity index (χ2n) is 6.78. The fraction of sp³-hybridized carbons (Fsp3) is 0.350. The van der Waals surface area contributed by atoms with Gasteiger partial charge < -0.3 is 16.0 Å². The molecule has 2 aromatic rings. The molecule has 28 heavy (non-hydrogen) atoms. The van der Waals surface area contributed by atoms with Gasteiger partial charge in [-0.15, -0.1) is 0 Å². The maximum absolute atomic E-state index is 11.8. The molecule has 1 fully saturated rings. The van der Waals surface area contributed by atoms with Crippen LogP contribution in [0.2, 0.25) is 0 Å². The molecule has 1 amide bonds. The Morgan fingerprint density at radius 1 is 1.54 bits per heavy atom. The molecule has 0 aliphatic carbocycles. The van der Waals surface area contributed by atoms with E-state index in [0.29, 0.717) is 13.1 Å². The van der Waals surface area contributed by atoms with Crippen LogP contribution in [0.1, 0.15) is 31.4 Å². The standard InChI is InChI=1S/C20H25BrN6O/c1-3-15(6-4-8-22)11-23-19-10-18(25-20-17(21)12-24-27(19)20)16-7-5-9-26(13-16)14(2)28/h3-4,6,8,10,12,16,23H,1,5,7,9,11,13,22H2,2H3/b8-4-,15-6+. The Bertz CT molecular complexity index is 932. The van der Waals surface area contributed by atoms with Gasteiger partial charge in [-0.05, 0) is 46.6 Å². The summed E-state index contributed by atoms with van der Waals surface area (Å²) in [5.74, 6) is 1.16. The number of halogens is 1. The number of carbonyl (C=O) groups excluding carboxylic acids is 1. The Kier molecular flexibility index (Phi) is 6.51. The summed E-state index contributed by atoms with van der Waals surface area (Å²) in [7, 11) is 0. The number of fused-ring (bicyclic) bond motifs is 1. The van der Waals surface area contributed by atoms with Crippen LogP contribution >= 0.6 is 15.9 Å². The van der Waals surface area contributed by atoms with Gasteiger partial charge in [0.1, 0.15) is 5.82 Å². The quantitative estimate of drug-likeness (QED) is 0.667. The van der Waals surface area contributed by atoms with Crippen LogP contribution in [0.5, 0.6) is 0 Å². The predicted octanol–water partition coefficient (Wildman–Crippen LogP) is 3.21. The number of allylic oxidation sites excluding steroid dienone is 2. The first-order valence-electron chi connectivity index (χ1n) is 9.27. The molecule has 2 aromatic heterocycles. The Labute approximate surface area is 173 Å². The molecule has 0 spiro atoms. The third kappa shape index (κ3) is 4.44. The zero-order valence-electron chi connectivity index (χ0n) is 15.9. The van der Waals surface area contributed by atoms with Crippen molar-refractivity contribution in [3.8, 4) is 0 Å². The van der Waals surface area contributed by atoms with E-state index in [0.717, 1.165) is 46.6 Å². The molecule has 1 saturated heterocycles. The lowest BCUT2D eigenvalue weighted by atomic mass is 9.94. The van der Waals surface area contributed by atoms with E-state index in [2.05, 4.69) is 32.9 Å². The van der Waals surface area contributed by atoms with Crippen molar-refractivity contribution >= 4 is 33.3 Å². The topological polar surface area (TPSA) is 88.5 Å². The van der Waals surface area contributed by atoms with Gasteiger partial charge in [0.05, 0.1) is 16.4 Å². The largest absolute Gasteiger partial charge is 0.405 e. The summed E-state index contributed by atoms with van der Waals surface area (Å²) < 4.78 is 2.61. The molecule has 0 bridgehead atoms. The molecular formula is C20H25BrN6O. The Morgan fingerprint density at radius 2 is 2.36 bits per heavy atom. The molecule has 148 valence electrons. The lowest BCUT2D eigenvalue weighted by Gasteiger charge is -2.32. The van der Waals surface area contributed by atoms with Crippen LogP contribution in [-0.2, 0) is 4.79 Å². The van der Waals surface area contributed by atoms with E-state index in [1.807, 2.05) is 17.0 Å². The Balaban J connectivity index is 1.91. The lowest BCUT2D eigenvalue weighted by molar-refractivity contribution is -0.130. The van der Waals surface area contributed by atoms with Gasteiger partial charge in [-0.1, -0.05) is 18.7 Å². The number of rotatable bonds is 6. The van der Waals surface area contributed by atoms with Crippen molar-refractivity contribution in [1.82, 2.24) is 19.5 Å². The van der Waals surface area contributed by atoms with E-state index in [9.17, 15) is 4.79 Å². The van der Waals surface area contributed by atoms with Crippen LogP contribution in [-0.4, -0.2) is 45.0 Å². The average molecular weight is 445 g/mol. The smallest absolute Gasteiger partial charge is 0.219 e. The third-order valence-corrected chi connectivity index (χ3v) is 5.45. The predicted molar refractivity (Wildman–Crippen MR) is 115 cm³/mol. The number of hydrogen-bond acceptors (Lipinski definition) is 5. The SMILES string of the molecule is C=C/C(=C\C=C/N)CNc1cc(C2CCCN(C(C)=O)C2)nc2c(Br)cnn12. The number of aromatic nitrogens is 3. The number of anilines is 1. The minimum Gasteiger partial charge on any atom is -0.405 e. The number of hydrogen-bond donors (Lipinski definition) is 2. The van der Waals surface area contributed by atoms with E-state index in [4.69, 9.17) is 10.7 Å². The molecule has 1 atom stereocenters. The van der Waals surface area contributed by atoms with E-state index >= 15 is 0 Å². The molecule has 7 nitrogen and oxygen atoms in total. The minimum absolute atomic E-state index is 0.114. The maximum atomic E-state index is 11.8. The highest BCUT2D eigenvalue weighted by Crippen LogP contribution is 2.29. The number of nitrogens with two attached hydrogens (primary N) is 1. The van der Waals surface area contributed by atoms with Crippen LogP contribution < -0.4 is 11.1 Å². The number of nitrogens with zero attached hydrogens (tertiary/aromatic N) is 4. The first-order chi connectivity index (χ1) is 13.5. The number of piperidine rings is 1. The second kappa shape index (κ2) is 9.05. The van der Waals surface area contributed by atoms with Crippen molar-refractivity contribution in [3.05, 3.63) is 59.0 Å². The third-order valence-electron chi connectivity index (χ3n) is 4.89. The molecule has 3 heterocycles. The summed E-state index contributed by atoms with van der Waals surface area (Å²) in [5, 5.41) is 7.83. The number of nitrogens with one attached hydrogen (secondary N) is 1. The molecule has 0 radical (unpaired) electrons. The van der Waals surface area contributed by atoms with Gasteiger partial charge in [0.15, 0.2) is 5.65 Å². The highest BCUT2D eigenvalue weighted by Gasteiger charge is 2.25. The summed E-state index contributed by atoms with van der Waals surface area (Å²) in [6.45, 7) is 7.56. The van der Waals surface area contributed by atoms with Crippen molar-refractivity contribution in [2.24, 2.45) is 5.73 Å². The van der Waals surface area contributed by atoms with Crippen molar-refractivity contribution < 1.29 is 4.79 Å². The highest BCUT2D eigenvalue weighted by atomic mass is 79.9. The zero-order chi connectivity index (χ0) is 20.1. The van der Waals surface area contributed by atoms with Crippen LogP contribution in [0, 0.1) is 0 Å². The molecule has 0 saturated carbocycles. The Hall–Kier alpha value is -2.61. The first-order valence-corrected chi connectivity index (χ1v) is 10.1. The fourth-order valence-electron chi connectivity index (χ4n) is 3.37. The van der Waals surface area contributed by atoms with E-state index in [1.165, 1.54) is 6.20 Å². The van der Waals surface area contributed by atoms with Gasteiger partial charge >= 0.3 is 0 Å². The van der Waals surface area contributed by atoms with Gasteiger partial charge in [0.2, 0.25) is 5.91 Å². The van der Waals surface area contributed by atoms with Gasteiger partial charge in [0, 0.05) is 38.5 Å². The van der Waals surface area contributed by atoms with Gasteiger partial charge in [-0.3, -0.25) is 4.79 Å². The Morgan fingerprint density at radius 3 is 3.07 bits per heavy atom. The number of amides is 1. The van der Waals surface area contributed by atoms with E-state index in [1.54, 1.807) is 29.8 Å². The molecular weight excluding hydrogens is 420 g/mol. The van der Waals surface area contributed by atoms with Gasteiger partial charge in [0.25, 0.3) is 0 Å². The second-order valence-corrected chi connectivity index (χ2v) is 7.64. The summed E-state index contributed by atoms with van der Waals surface area (Å²) in [5.41, 5.74) is 8.14. The molecule has 8 heteroatoms. The zero-order valence-corrected chi connectivity index (χ0v) is 17.5. The maximum Gasteiger partial charge on any atom is 0.219 e. The summed E-state index contributed by atoms with van der Waals surface area (Å²) in [4.78, 5) is 18.5. The van der Waals surface area contributed by atoms with Crippen LogP contribution in [0.3, 0.4) is 0 Å². The highest BCUT2D eigenvalue weighted by molar-refractivity contribution is 9.10.